The van der Waals surface area contributed by atoms with E-state index in [9.17, 15) is 4.79 Å². The summed E-state index contributed by atoms with van der Waals surface area (Å²) in [6, 6.07) is 7.62. The number of hydrogen-bond acceptors (Lipinski definition) is 4. The molecule has 0 aliphatic heterocycles. The van der Waals surface area contributed by atoms with Crippen molar-refractivity contribution in [3.05, 3.63) is 41.5 Å². The lowest BCUT2D eigenvalue weighted by atomic mass is 10.1. The molecule has 5 nitrogen and oxygen atoms in total. The average Bonchev–Trinajstić information content (AvgIpc) is 3.08. The first kappa shape index (κ1) is 14.6. The molecular formula is C16H16N2O3S. The number of ether oxygens (including phenoxy) is 1. The second-order valence-corrected chi connectivity index (χ2v) is 5.78. The molecule has 22 heavy (non-hydrogen) atoms. The van der Waals surface area contributed by atoms with E-state index in [0.717, 1.165) is 28.4 Å². The minimum atomic E-state index is -0.864. The van der Waals surface area contributed by atoms with Gasteiger partial charge in [0.25, 0.3) is 0 Å². The summed E-state index contributed by atoms with van der Waals surface area (Å²) in [5, 5.41) is 11.0. The molecule has 0 fully saturated rings. The van der Waals surface area contributed by atoms with Crippen LogP contribution in [0.15, 0.2) is 35.8 Å². The van der Waals surface area contributed by atoms with E-state index < -0.39 is 5.97 Å². The molecule has 0 aliphatic rings. The molecule has 3 rings (SSSR count). The van der Waals surface area contributed by atoms with E-state index in [1.54, 1.807) is 0 Å². The Morgan fingerprint density at radius 1 is 1.36 bits per heavy atom. The van der Waals surface area contributed by atoms with E-state index in [1.165, 1.54) is 11.3 Å². The van der Waals surface area contributed by atoms with Gasteiger partial charge in [0.2, 0.25) is 0 Å². The molecule has 0 saturated heterocycles. The van der Waals surface area contributed by atoms with Gasteiger partial charge in [-0.15, -0.1) is 11.3 Å². The summed E-state index contributed by atoms with van der Waals surface area (Å²) in [6.07, 6.45) is 2.76. The Morgan fingerprint density at radius 2 is 2.14 bits per heavy atom. The Kier molecular flexibility index (Phi) is 4.11. The van der Waals surface area contributed by atoms with Gasteiger partial charge in [-0.2, -0.15) is 0 Å². The van der Waals surface area contributed by atoms with Crippen LogP contribution in [0.3, 0.4) is 0 Å². The molecule has 0 aliphatic carbocycles. The van der Waals surface area contributed by atoms with Crippen LogP contribution < -0.4 is 4.74 Å². The first-order chi connectivity index (χ1) is 10.7. The Labute approximate surface area is 131 Å². The topological polar surface area (TPSA) is 63.8 Å². The predicted molar refractivity (Wildman–Crippen MR) is 85.6 cm³/mol. The van der Waals surface area contributed by atoms with Crippen molar-refractivity contribution in [2.45, 2.75) is 19.8 Å². The molecule has 0 bridgehead atoms. The molecule has 0 unspecified atom stereocenters. The van der Waals surface area contributed by atoms with E-state index in [-0.39, 0.29) is 6.42 Å². The van der Waals surface area contributed by atoms with E-state index >= 15 is 0 Å². The number of nitrogens with zero attached hydrogens (tertiary/aromatic N) is 2. The number of thiazole rings is 1. The monoisotopic (exact) mass is 316 g/mol. The Bertz CT molecular complexity index is 789. The number of carboxylic acids is 1. The van der Waals surface area contributed by atoms with Crippen molar-refractivity contribution in [1.82, 2.24) is 9.38 Å². The molecule has 1 aromatic carbocycles. The summed E-state index contributed by atoms with van der Waals surface area (Å²) in [4.78, 5) is 16.5. The fourth-order valence-electron chi connectivity index (χ4n) is 2.30. The van der Waals surface area contributed by atoms with Crippen LogP contribution in [0.5, 0.6) is 5.75 Å². The molecule has 6 heteroatoms. The van der Waals surface area contributed by atoms with Gasteiger partial charge in [-0.3, -0.25) is 9.20 Å². The number of rotatable bonds is 6. The SMILES string of the molecule is CCCOc1ccc(-c2nc3sccn3c2CC(=O)O)cc1. The minimum Gasteiger partial charge on any atom is -0.494 e. The summed E-state index contributed by atoms with van der Waals surface area (Å²) in [5.41, 5.74) is 2.32. The number of aromatic nitrogens is 2. The standard InChI is InChI=1S/C16H16N2O3S/c1-2-8-21-12-5-3-11(4-6-12)15-13(10-14(19)20)18-7-9-22-16(18)17-15/h3-7,9H,2,8,10H2,1H3,(H,19,20). The lowest BCUT2D eigenvalue weighted by Crippen LogP contribution is -2.04. The van der Waals surface area contributed by atoms with E-state index in [4.69, 9.17) is 9.84 Å². The molecule has 0 radical (unpaired) electrons. The maximum atomic E-state index is 11.1. The highest BCUT2D eigenvalue weighted by Crippen LogP contribution is 2.28. The zero-order chi connectivity index (χ0) is 15.5. The maximum Gasteiger partial charge on any atom is 0.309 e. The van der Waals surface area contributed by atoms with Crippen molar-refractivity contribution >= 4 is 22.3 Å². The second kappa shape index (κ2) is 6.19. The molecule has 3 aromatic rings. The molecule has 114 valence electrons. The van der Waals surface area contributed by atoms with Crippen molar-refractivity contribution in [2.24, 2.45) is 0 Å². The van der Waals surface area contributed by atoms with Crippen molar-refractivity contribution in [1.29, 1.82) is 0 Å². The largest absolute Gasteiger partial charge is 0.494 e. The highest BCUT2D eigenvalue weighted by Gasteiger charge is 2.17. The number of carboxylic acid groups (broad SMARTS) is 1. The molecule has 0 amide bonds. The number of benzene rings is 1. The van der Waals surface area contributed by atoms with E-state index in [2.05, 4.69) is 11.9 Å². The first-order valence-corrected chi connectivity index (χ1v) is 7.96. The lowest BCUT2D eigenvalue weighted by molar-refractivity contribution is -0.136. The van der Waals surface area contributed by atoms with Gasteiger partial charge >= 0.3 is 5.97 Å². The highest BCUT2D eigenvalue weighted by molar-refractivity contribution is 7.15. The van der Waals surface area contributed by atoms with Gasteiger partial charge in [-0.25, -0.2) is 4.98 Å². The molecule has 0 saturated carbocycles. The van der Waals surface area contributed by atoms with Crippen LogP contribution in [0.4, 0.5) is 0 Å². The van der Waals surface area contributed by atoms with E-state index in [1.807, 2.05) is 40.2 Å². The normalized spacial score (nSPS) is 11.0. The molecule has 2 aromatic heterocycles. The van der Waals surface area contributed by atoms with Gasteiger partial charge in [0.15, 0.2) is 4.96 Å². The molecule has 1 N–H and O–H groups in total. The van der Waals surface area contributed by atoms with Crippen molar-refractivity contribution < 1.29 is 14.6 Å². The van der Waals surface area contributed by atoms with Crippen LogP contribution in [0, 0.1) is 0 Å². The van der Waals surface area contributed by atoms with Crippen LogP contribution in [0.25, 0.3) is 16.2 Å². The average molecular weight is 316 g/mol. The number of aliphatic carboxylic acids is 1. The zero-order valence-corrected chi connectivity index (χ0v) is 13.0. The predicted octanol–water partition coefficient (Wildman–Crippen LogP) is 3.48. The fourth-order valence-corrected chi connectivity index (χ4v) is 3.04. The van der Waals surface area contributed by atoms with Gasteiger partial charge in [-0.05, 0) is 30.7 Å². The van der Waals surface area contributed by atoms with Crippen molar-refractivity contribution in [3.8, 4) is 17.0 Å². The van der Waals surface area contributed by atoms with Gasteiger partial charge in [-0.1, -0.05) is 6.92 Å². The molecular weight excluding hydrogens is 300 g/mol. The van der Waals surface area contributed by atoms with Gasteiger partial charge in [0.1, 0.15) is 5.75 Å². The summed E-state index contributed by atoms with van der Waals surface area (Å²) < 4.78 is 7.41. The number of carbonyl (C=O) groups is 1. The lowest BCUT2D eigenvalue weighted by Gasteiger charge is -2.06. The third kappa shape index (κ3) is 2.82. The molecule has 2 heterocycles. The smallest absolute Gasteiger partial charge is 0.309 e. The first-order valence-electron chi connectivity index (χ1n) is 7.08. The second-order valence-electron chi connectivity index (χ2n) is 4.91. The molecule has 0 spiro atoms. The van der Waals surface area contributed by atoms with Crippen molar-refractivity contribution in [2.75, 3.05) is 6.61 Å². The summed E-state index contributed by atoms with van der Waals surface area (Å²) in [6.45, 7) is 2.74. The summed E-state index contributed by atoms with van der Waals surface area (Å²) in [7, 11) is 0. The Morgan fingerprint density at radius 3 is 2.82 bits per heavy atom. The molecule has 0 atom stereocenters. The number of fused-ring (bicyclic) bond motifs is 1. The minimum absolute atomic E-state index is 0.0542. The van der Waals surface area contributed by atoms with Crippen LogP contribution >= 0.6 is 11.3 Å². The Hall–Kier alpha value is -2.34. The van der Waals surface area contributed by atoms with Crippen LogP contribution in [0.1, 0.15) is 19.0 Å². The maximum absolute atomic E-state index is 11.1. The Balaban J connectivity index is 1.98. The van der Waals surface area contributed by atoms with Gasteiger partial charge in [0, 0.05) is 17.1 Å². The van der Waals surface area contributed by atoms with Gasteiger partial charge in [0.05, 0.1) is 24.4 Å². The third-order valence-electron chi connectivity index (χ3n) is 3.28. The third-order valence-corrected chi connectivity index (χ3v) is 4.04. The van der Waals surface area contributed by atoms with E-state index in [0.29, 0.717) is 12.3 Å². The number of hydrogen-bond donors (Lipinski definition) is 1. The van der Waals surface area contributed by atoms with Crippen LogP contribution in [-0.2, 0) is 11.2 Å². The summed E-state index contributed by atoms with van der Waals surface area (Å²) >= 11 is 1.49. The fraction of sp³-hybridized carbons (Fsp3) is 0.250. The van der Waals surface area contributed by atoms with Crippen LogP contribution in [-0.4, -0.2) is 27.1 Å². The zero-order valence-electron chi connectivity index (χ0n) is 12.2. The number of imidazole rings is 1. The summed E-state index contributed by atoms with van der Waals surface area (Å²) in [5.74, 6) is -0.0523. The quantitative estimate of drug-likeness (QED) is 0.756. The van der Waals surface area contributed by atoms with Crippen molar-refractivity contribution in [3.63, 3.8) is 0 Å². The van der Waals surface area contributed by atoms with Gasteiger partial charge < -0.3 is 9.84 Å². The highest BCUT2D eigenvalue weighted by atomic mass is 32.1. The van der Waals surface area contributed by atoms with Crippen LogP contribution in [0.2, 0.25) is 0 Å².